The molecule has 2 rings (SSSR count). The molecule has 0 aliphatic carbocycles. The van der Waals surface area contributed by atoms with E-state index >= 15 is 0 Å². The lowest BCUT2D eigenvalue weighted by Crippen LogP contribution is -1.91. The summed E-state index contributed by atoms with van der Waals surface area (Å²) in [4.78, 5) is 12.6. The molecule has 12 heavy (non-hydrogen) atoms. The summed E-state index contributed by atoms with van der Waals surface area (Å²) in [6.07, 6.45) is 1.80. The molecule has 62 valence electrons. The van der Waals surface area contributed by atoms with Crippen molar-refractivity contribution in [1.82, 2.24) is 19.5 Å². The van der Waals surface area contributed by atoms with Crippen LogP contribution in [0.1, 0.15) is 11.6 Å². The van der Waals surface area contributed by atoms with Crippen molar-refractivity contribution in [3.63, 3.8) is 0 Å². The van der Waals surface area contributed by atoms with Gasteiger partial charge in [0.1, 0.15) is 17.2 Å². The van der Waals surface area contributed by atoms with Crippen LogP contribution < -0.4 is 0 Å². The summed E-state index contributed by atoms with van der Waals surface area (Å²) >= 11 is 0. The number of aromatic nitrogens is 4. The number of fused-ring (bicyclic) bond motifs is 1. The van der Waals surface area contributed by atoms with Crippen molar-refractivity contribution in [2.45, 2.75) is 13.8 Å². The van der Waals surface area contributed by atoms with Gasteiger partial charge in [0, 0.05) is 7.05 Å². The zero-order valence-corrected chi connectivity index (χ0v) is 7.37. The van der Waals surface area contributed by atoms with Gasteiger partial charge in [0.05, 0.1) is 6.20 Å². The highest BCUT2D eigenvalue weighted by atomic mass is 15.1. The smallest absolute Gasteiger partial charge is 0.181 e. The van der Waals surface area contributed by atoms with E-state index in [-0.39, 0.29) is 0 Å². The fourth-order valence-electron chi connectivity index (χ4n) is 1.17. The van der Waals surface area contributed by atoms with Crippen LogP contribution in [0.2, 0.25) is 0 Å². The molecule has 4 heteroatoms. The zero-order chi connectivity index (χ0) is 8.72. The Morgan fingerprint density at radius 2 is 2.00 bits per heavy atom. The molecule has 4 nitrogen and oxygen atoms in total. The van der Waals surface area contributed by atoms with E-state index in [0.29, 0.717) is 0 Å². The molecule has 0 aliphatic heterocycles. The topological polar surface area (TPSA) is 43.6 Å². The Morgan fingerprint density at radius 3 is 2.75 bits per heavy atom. The first-order valence-corrected chi connectivity index (χ1v) is 3.81. The number of nitrogens with zero attached hydrogens (tertiary/aromatic N) is 4. The number of rotatable bonds is 0. The van der Waals surface area contributed by atoms with Gasteiger partial charge < -0.3 is 4.57 Å². The van der Waals surface area contributed by atoms with Crippen molar-refractivity contribution in [2.75, 3.05) is 0 Å². The molecular weight excluding hydrogens is 152 g/mol. The lowest BCUT2D eigenvalue weighted by Gasteiger charge is -1.94. The quantitative estimate of drug-likeness (QED) is 0.580. The van der Waals surface area contributed by atoms with Gasteiger partial charge in [0.2, 0.25) is 0 Å². The van der Waals surface area contributed by atoms with Crippen molar-refractivity contribution in [2.24, 2.45) is 7.05 Å². The number of hydrogen-bond acceptors (Lipinski definition) is 3. The van der Waals surface area contributed by atoms with E-state index < -0.39 is 0 Å². The van der Waals surface area contributed by atoms with E-state index in [9.17, 15) is 0 Å². The molecule has 0 bridgehead atoms. The molecule has 0 aromatic carbocycles. The Labute approximate surface area is 70.3 Å². The molecule has 0 saturated carbocycles. The molecular formula is C8H10N4. The average molecular weight is 162 g/mol. The van der Waals surface area contributed by atoms with Crippen LogP contribution in [0, 0.1) is 13.8 Å². The van der Waals surface area contributed by atoms with Crippen molar-refractivity contribution < 1.29 is 0 Å². The summed E-state index contributed by atoms with van der Waals surface area (Å²) in [6, 6.07) is 0. The molecule has 0 amide bonds. The third kappa shape index (κ3) is 0.879. The molecule has 0 N–H and O–H groups in total. The molecule has 0 aliphatic rings. The van der Waals surface area contributed by atoms with E-state index in [2.05, 4.69) is 15.0 Å². The molecule has 2 aromatic rings. The minimum atomic E-state index is 0.764. The maximum Gasteiger partial charge on any atom is 0.181 e. The lowest BCUT2D eigenvalue weighted by atomic mass is 10.5. The fraction of sp³-hybridized carbons (Fsp3) is 0.375. The van der Waals surface area contributed by atoms with Crippen LogP contribution in [0.25, 0.3) is 11.2 Å². The van der Waals surface area contributed by atoms with Gasteiger partial charge >= 0.3 is 0 Å². The van der Waals surface area contributed by atoms with E-state index in [4.69, 9.17) is 0 Å². The first-order valence-electron chi connectivity index (χ1n) is 3.81. The molecule has 2 heterocycles. The maximum atomic E-state index is 4.29. The highest BCUT2D eigenvalue weighted by Gasteiger charge is 2.04. The van der Waals surface area contributed by atoms with Crippen LogP contribution in [-0.2, 0) is 7.05 Å². The van der Waals surface area contributed by atoms with E-state index in [1.807, 2.05) is 25.5 Å². The second-order valence-corrected chi connectivity index (χ2v) is 2.84. The van der Waals surface area contributed by atoms with Gasteiger partial charge in [-0.1, -0.05) is 0 Å². The van der Waals surface area contributed by atoms with Crippen molar-refractivity contribution in [3.05, 3.63) is 17.8 Å². The first-order chi connectivity index (χ1) is 5.68. The molecule has 0 unspecified atom stereocenters. The molecule has 0 atom stereocenters. The standard InChI is InChI=1S/C8H10N4/c1-5-9-4-7-8(10-5)11-6(2)12(7)3/h4H,1-3H3. The highest BCUT2D eigenvalue weighted by molar-refractivity contribution is 5.70. The largest absolute Gasteiger partial charge is 0.329 e. The van der Waals surface area contributed by atoms with Crippen LogP contribution in [-0.4, -0.2) is 19.5 Å². The predicted octanol–water partition coefficient (Wildman–Crippen LogP) is 0.980. The minimum Gasteiger partial charge on any atom is -0.329 e. The van der Waals surface area contributed by atoms with Gasteiger partial charge in [0.15, 0.2) is 5.65 Å². The summed E-state index contributed by atoms with van der Waals surface area (Å²) < 4.78 is 1.98. The van der Waals surface area contributed by atoms with Gasteiger partial charge in [-0.25, -0.2) is 15.0 Å². The molecule has 0 radical (unpaired) electrons. The van der Waals surface area contributed by atoms with E-state index in [1.165, 1.54) is 0 Å². The lowest BCUT2D eigenvalue weighted by molar-refractivity contribution is 0.884. The molecule has 0 spiro atoms. The fourth-order valence-corrected chi connectivity index (χ4v) is 1.17. The number of imidazole rings is 1. The summed E-state index contributed by atoms with van der Waals surface area (Å²) in [7, 11) is 1.96. The second-order valence-electron chi connectivity index (χ2n) is 2.84. The van der Waals surface area contributed by atoms with Gasteiger partial charge in [-0.3, -0.25) is 0 Å². The normalized spacial score (nSPS) is 10.9. The van der Waals surface area contributed by atoms with Crippen LogP contribution in [0.3, 0.4) is 0 Å². The van der Waals surface area contributed by atoms with E-state index in [0.717, 1.165) is 22.8 Å². The van der Waals surface area contributed by atoms with Crippen LogP contribution in [0.4, 0.5) is 0 Å². The van der Waals surface area contributed by atoms with Gasteiger partial charge in [-0.2, -0.15) is 0 Å². The van der Waals surface area contributed by atoms with Crippen LogP contribution >= 0.6 is 0 Å². The minimum absolute atomic E-state index is 0.764. The Balaban J connectivity index is 2.87. The van der Waals surface area contributed by atoms with Crippen LogP contribution in [0.5, 0.6) is 0 Å². The number of hydrogen-bond donors (Lipinski definition) is 0. The average Bonchev–Trinajstić information content (AvgIpc) is 2.28. The number of aryl methyl sites for hydroxylation is 3. The van der Waals surface area contributed by atoms with Crippen molar-refractivity contribution in [3.8, 4) is 0 Å². The molecule has 0 saturated heterocycles. The summed E-state index contributed by atoms with van der Waals surface area (Å²) in [5.41, 5.74) is 1.76. The molecule has 2 aromatic heterocycles. The zero-order valence-electron chi connectivity index (χ0n) is 7.37. The Bertz CT molecular complexity index is 430. The third-order valence-corrected chi connectivity index (χ3v) is 1.98. The summed E-state index contributed by atoms with van der Waals surface area (Å²) in [5.74, 6) is 1.73. The van der Waals surface area contributed by atoms with Gasteiger partial charge in [0.25, 0.3) is 0 Å². The Hall–Kier alpha value is -1.45. The van der Waals surface area contributed by atoms with Crippen molar-refractivity contribution >= 4 is 11.2 Å². The monoisotopic (exact) mass is 162 g/mol. The molecule has 0 fully saturated rings. The summed E-state index contributed by atoms with van der Waals surface area (Å²) in [6.45, 7) is 3.82. The van der Waals surface area contributed by atoms with Gasteiger partial charge in [-0.15, -0.1) is 0 Å². The third-order valence-electron chi connectivity index (χ3n) is 1.98. The second kappa shape index (κ2) is 2.27. The summed E-state index contributed by atoms with van der Waals surface area (Å²) in [5, 5.41) is 0. The maximum absolute atomic E-state index is 4.29. The van der Waals surface area contributed by atoms with E-state index in [1.54, 1.807) is 6.20 Å². The Morgan fingerprint density at radius 1 is 1.25 bits per heavy atom. The van der Waals surface area contributed by atoms with Crippen molar-refractivity contribution in [1.29, 1.82) is 0 Å². The first kappa shape index (κ1) is 7.21. The predicted molar refractivity (Wildman–Crippen MR) is 45.8 cm³/mol. The SMILES string of the molecule is Cc1ncc2c(n1)nc(C)n2C. The van der Waals surface area contributed by atoms with Gasteiger partial charge in [-0.05, 0) is 13.8 Å². The highest BCUT2D eigenvalue weighted by Crippen LogP contribution is 2.10. The van der Waals surface area contributed by atoms with Crippen LogP contribution in [0.15, 0.2) is 6.20 Å². The Kier molecular flexibility index (Phi) is 1.36.